The SMILES string of the molecule is CCCCN(C(=O)NC(C)(C)C)c1c(N)n(CCCC)c(=O)[nH]c1=O. The molecule has 0 atom stereocenters. The fraction of sp³-hybridized carbons (Fsp3) is 0.706. The molecule has 25 heavy (non-hydrogen) atoms. The van der Waals surface area contributed by atoms with E-state index in [0.29, 0.717) is 19.5 Å². The summed E-state index contributed by atoms with van der Waals surface area (Å²) in [4.78, 5) is 40.8. The zero-order valence-electron chi connectivity index (χ0n) is 15.9. The van der Waals surface area contributed by atoms with Crippen molar-refractivity contribution in [3.8, 4) is 0 Å². The summed E-state index contributed by atoms with van der Waals surface area (Å²) in [6.07, 6.45) is 3.19. The number of unbranched alkanes of at least 4 members (excludes halogenated alkanes) is 2. The molecular formula is C17H31N5O3. The van der Waals surface area contributed by atoms with Crippen molar-refractivity contribution in [1.82, 2.24) is 14.9 Å². The molecule has 1 rings (SSSR count). The maximum Gasteiger partial charge on any atom is 0.330 e. The minimum atomic E-state index is -0.643. The Labute approximate surface area is 148 Å². The predicted molar refractivity (Wildman–Crippen MR) is 101 cm³/mol. The molecule has 1 aromatic heterocycles. The number of carbonyl (C=O) groups excluding carboxylic acids is 1. The molecule has 1 heterocycles. The fourth-order valence-corrected chi connectivity index (χ4v) is 2.40. The van der Waals surface area contributed by atoms with Gasteiger partial charge >= 0.3 is 11.7 Å². The average molecular weight is 353 g/mol. The van der Waals surface area contributed by atoms with E-state index in [1.165, 1.54) is 9.47 Å². The third kappa shape index (κ3) is 5.65. The van der Waals surface area contributed by atoms with Crippen molar-refractivity contribution < 1.29 is 4.79 Å². The average Bonchev–Trinajstić information content (AvgIpc) is 2.48. The summed E-state index contributed by atoms with van der Waals surface area (Å²) in [5, 5.41) is 2.85. The first-order chi connectivity index (χ1) is 11.6. The Morgan fingerprint density at radius 1 is 1.20 bits per heavy atom. The number of aromatic nitrogens is 2. The zero-order chi connectivity index (χ0) is 19.2. The molecule has 0 spiro atoms. The molecule has 8 nitrogen and oxygen atoms in total. The smallest absolute Gasteiger partial charge is 0.330 e. The maximum atomic E-state index is 12.7. The lowest BCUT2D eigenvalue weighted by atomic mass is 10.1. The molecule has 0 saturated heterocycles. The van der Waals surface area contributed by atoms with Crippen LogP contribution in [0.3, 0.4) is 0 Å². The highest BCUT2D eigenvalue weighted by Crippen LogP contribution is 2.19. The largest absolute Gasteiger partial charge is 0.383 e. The van der Waals surface area contributed by atoms with E-state index in [-0.39, 0.29) is 11.5 Å². The first-order valence-corrected chi connectivity index (χ1v) is 8.84. The molecule has 4 N–H and O–H groups in total. The highest BCUT2D eigenvalue weighted by molar-refractivity contribution is 5.94. The van der Waals surface area contributed by atoms with E-state index < -0.39 is 22.8 Å². The second kappa shape index (κ2) is 8.73. The Hall–Kier alpha value is -2.25. The molecule has 0 aliphatic heterocycles. The van der Waals surface area contributed by atoms with E-state index in [1.807, 2.05) is 34.6 Å². The van der Waals surface area contributed by atoms with Crippen molar-refractivity contribution in [2.45, 2.75) is 72.4 Å². The molecule has 1 aromatic rings. The van der Waals surface area contributed by atoms with Crippen LogP contribution in [-0.4, -0.2) is 27.7 Å². The van der Waals surface area contributed by atoms with Crippen LogP contribution in [0.15, 0.2) is 9.59 Å². The van der Waals surface area contributed by atoms with Crippen molar-refractivity contribution in [1.29, 1.82) is 0 Å². The first kappa shape index (κ1) is 20.8. The predicted octanol–water partition coefficient (Wildman–Crippen LogP) is 2.03. The van der Waals surface area contributed by atoms with Gasteiger partial charge in [-0.25, -0.2) is 9.59 Å². The number of hydrogen-bond donors (Lipinski definition) is 3. The van der Waals surface area contributed by atoms with Gasteiger partial charge in [0.15, 0.2) is 5.69 Å². The second-order valence-electron chi connectivity index (χ2n) is 7.18. The van der Waals surface area contributed by atoms with Gasteiger partial charge < -0.3 is 11.1 Å². The van der Waals surface area contributed by atoms with Crippen LogP contribution in [0.2, 0.25) is 0 Å². The molecule has 0 unspecified atom stereocenters. The van der Waals surface area contributed by atoms with Crippen LogP contribution in [-0.2, 0) is 6.54 Å². The van der Waals surface area contributed by atoms with Gasteiger partial charge in [-0.15, -0.1) is 0 Å². The van der Waals surface area contributed by atoms with Crippen molar-refractivity contribution in [3.05, 3.63) is 20.8 Å². The topological polar surface area (TPSA) is 113 Å². The molecule has 0 saturated carbocycles. The van der Waals surface area contributed by atoms with E-state index in [9.17, 15) is 14.4 Å². The molecule has 2 amide bonds. The number of nitrogens with one attached hydrogen (secondary N) is 2. The van der Waals surface area contributed by atoms with E-state index in [0.717, 1.165) is 19.3 Å². The molecule has 0 bridgehead atoms. The van der Waals surface area contributed by atoms with Gasteiger partial charge in [0.1, 0.15) is 5.82 Å². The van der Waals surface area contributed by atoms with Crippen molar-refractivity contribution in [2.75, 3.05) is 17.2 Å². The van der Waals surface area contributed by atoms with Gasteiger partial charge in [0.05, 0.1) is 0 Å². The lowest BCUT2D eigenvalue weighted by Gasteiger charge is -2.29. The lowest BCUT2D eigenvalue weighted by molar-refractivity contribution is 0.237. The van der Waals surface area contributed by atoms with Gasteiger partial charge in [0.25, 0.3) is 5.56 Å². The third-order valence-corrected chi connectivity index (χ3v) is 3.68. The number of rotatable bonds is 7. The number of anilines is 2. The van der Waals surface area contributed by atoms with E-state index >= 15 is 0 Å². The zero-order valence-corrected chi connectivity index (χ0v) is 15.9. The van der Waals surface area contributed by atoms with E-state index in [2.05, 4.69) is 10.3 Å². The first-order valence-electron chi connectivity index (χ1n) is 8.84. The van der Waals surface area contributed by atoms with Crippen LogP contribution in [0.4, 0.5) is 16.3 Å². The summed E-state index contributed by atoms with van der Waals surface area (Å²) < 4.78 is 1.32. The Morgan fingerprint density at radius 2 is 1.80 bits per heavy atom. The second-order valence-corrected chi connectivity index (χ2v) is 7.18. The molecular weight excluding hydrogens is 322 g/mol. The quantitative estimate of drug-likeness (QED) is 0.696. The number of H-pyrrole nitrogens is 1. The number of hydrogen-bond acceptors (Lipinski definition) is 4. The minimum Gasteiger partial charge on any atom is -0.383 e. The number of nitrogens with zero attached hydrogens (tertiary/aromatic N) is 2. The Kier molecular flexibility index (Phi) is 7.26. The van der Waals surface area contributed by atoms with Crippen LogP contribution in [0, 0.1) is 0 Å². The number of aromatic amines is 1. The molecule has 0 aliphatic carbocycles. The van der Waals surface area contributed by atoms with Crippen LogP contribution in [0.5, 0.6) is 0 Å². The van der Waals surface area contributed by atoms with Crippen LogP contribution in [0.1, 0.15) is 60.3 Å². The van der Waals surface area contributed by atoms with Gasteiger partial charge in [0.2, 0.25) is 0 Å². The minimum absolute atomic E-state index is 0.0300. The Bertz CT molecular complexity index is 700. The summed E-state index contributed by atoms with van der Waals surface area (Å²) in [5.41, 5.74) is 4.50. The number of nitrogen functional groups attached to an aromatic ring is 1. The van der Waals surface area contributed by atoms with Gasteiger partial charge in [-0.3, -0.25) is 19.2 Å². The van der Waals surface area contributed by atoms with Crippen molar-refractivity contribution in [2.24, 2.45) is 0 Å². The van der Waals surface area contributed by atoms with Gasteiger partial charge in [-0.05, 0) is 33.6 Å². The Morgan fingerprint density at radius 3 is 2.32 bits per heavy atom. The molecule has 8 heteroatoms. The molecule has 0 radical (unpaired) electrons. The highest BCUT2D eigenvalue weighted by atomic mass is 16.2. The summed E-state index contributed by atoms with van der Waals surface area (Å²) in [6, 6.07) is -0.404. The fourth-order valence-electron chi connectivity index (χ4n) is 2.40. The van der Waals surface area contributed by atoms with Crippen molar-refractivity contribution >= 4 is 17.5 Å². The van der Waals surface area contributed by atoms with Crippen LogP contribution < -0.4 is 27.2 Å². The Balaban J connectivity index is 3.40. The molecule has 142 valence electrons. The standard InChI is InChI=1S/C17H31N5O3/c1-6-8-10-21(16(25)20-17(3,4)5)12-13(18)22(11-9-7-2)15(24)19-14(12)23/h6-11,18H2,1-5H3,(H,20,25)(H,19,23,24). The van der Waals surface area contributed by atoms with Gasteiger partial charge in [-0.2, -0.15) is 0 Å². The summed E-state index contributed by atoms with van der Waals surface area (Å²) in [6.45, 7) is 10.3. The van der Waals surface area contributed by atoms with Crippen LogP contribution in [0.25, 0.3) is 0 Å². The van der Waals surface area contributed by atoms with E-state index in [1.54, 1.807) is 0 Å². The highest BCUT2D eigenvalue weighted by Gasteiger charge is 2.26. The molecule has 0 fully saturated rings. The third-order valence-electron chi connectivity index (χ3n) is 3.68. The number of amides is 2. The molecule has 0 aromatic carbocycles. The monoisotopic (exact) mass is 353 g/mol. The maximum absolute atomic E-state index is 12.7. The number of urea groups is 1. The molecule has 0 aliphatic rings. The van der Waals surface area contributed by atoms with Gasteiger partial charge in [-0.1, -0.05) is 26.7 Å². The number of nitrogens with two attached hydrogens (primary N) is 1. The van der Waals surface area contributed by atoms with Crippen molar-refractivity contribution in [3.63, 3.8) is 0 Å². The number of carbonyl (C=O) groups is 1. The normalized spacial score (nSPS) is 11.4. The van der Waals surface area contributed by atoms with Gasteiger partial charge in [0, 0.05) is 18.6 Å². The summed E-state index contributed by atoms with van der Waals surface area (Å²) >= 11 is 0. The summed E-state index contributed by atoms with van der Waals surface area (Å²) in [5.74, 6) is 0.0300. The summed E-state index contributed by atoms with van der Waals surface area (Å²) in [7, 11) is 0. The van der Waals surface area contributed by atoms with Crippen LogP contribution >= 0.6 is 0 Å². The van der Waals surface area contributed by atoms with E-state index in [4.69, 9.17) is 5.73 Å². The lowest BCUT2D eigenvalue weighted by Crippen LogP contribution is -2.51.